The molecule has 0 aliphatic heterocycles. The van der Waals surface area contributed by atoms with Gasteiger partial charge in [0.25, 0.3) is 5.91 Å². The van der Waals surface area contributed by atoms with Crippen LogP contribution >= 0.6 is 15.9 Å². The normalized spacial score (nSPS) is 11.7. The van der Waals surface area contributed by atoms with Crippen molar-refractivity contribution < 1.29 is 19.1 Å². The van der Waals surface area contributed by atoms with Gasteiger partial charge in [-0.3, -0.25) is 9.59 Å². The van der Waals surface area contributed by atoms with Gasteiger partial charge in [-0.25, -0.2) is 0 Å². The summed E-state index contributed by atoms with van der Waals surface area (Å²) in [7, 11) is 1.60. The van der Waals surface area contributed by atoms with Gasteiger partial charge in [-0.1, -0.05) is 41.9 Å². The number of hydrogen-bond donors (Lipinski definition) is 1. The molecule has 0 fully saturated rings. The van der Waals surface area contributed by atoms with Crippen molar-refractivity contribution in [1.29, 1.82) is 0 Å². The first-order valence-electron chi connectivity index (χ1n) is 9.88. The van der Waals surface area contributed by atoms with Gasteiger partial charge in [-0.2, -0.15) is 0 Å². The van der Waals surface area contributed by atoms with Crippen molar-refractivity contribution in [1.82, 2.24) is 10.2 Å². The summed E-state index contributed by atoms with van der Waals surface area (Å²) in [4.78, 5) is 27.1. The fourth-order valence-electron chi connectivity index (χ4n) is 2.72. The van der Waals surface area contributed by atoms with Crippen LogP contribution in [0.25, 0.3) is 0 Å². The van der Waals surface area contributed by atoms with Crippen LogP contribution in [0.15, 0.2) is 53.0 Å². The first-order chi connectivity index (χ1) is 14.3. The molecule has 0 aliphatic carbocycles. The summed E-state index contributed by atoms with van der Waals surface area (Å²) in [5.74, 6) is 1.20. The number of hydrogen-bond acceptors (Lipinski definition) is 4. The second-order valence-electron chi connectivity index (χ2n) is 7.43. The zero-order valence-corrected chi connectivity index (χ0v) is 19.4. The Balaban J connectivity index is 2.12. The number of methoxy groups -OCH3 is 1. The van der Waals surface area contributed by atoms with Crippen molar-refractivity contribution >= 4 is 27.7 Å². The smallest absolute Gasteiger partial charge is 0.261 e. The van der Waals surface area contributed by atoms with E-state index in [1.807, 2.05) is 50.2 Å². The van der Waals surface area contributed by atoms with Crippen molar-refractivity contribution in [3.8, 4) is 11.5 Å². The molecule has 2 amide bonds. The third kappa shape index (κ3) is 7.37. The molecule has 1 atom stereocenters. The quantitative estimate of drug-likeness (QED) is 0.561. The monoisotopic (exact) mass is 476 g/mol. The van der Waals surface area contributed by atoms with Gasteiger partial charge in [0.05, 0.1) is 7.11 Å². The van der Waals surface area contributed by atoms with E-state index in [1.165, 1.54) is 4.90 Å². The van der Waals surface area contributed by atoms with Gasteiger partial charge in [0.15, 0.2) is 6.61 Å². The van der Waals surface area contributed by atoms with E-state index in [9.17, 15) is 9.59 Å². The molecule has 0 bridgehead atoms. The zero-order valence-electron chi connectivity index (χ0n) is 17.9. The van der Waals surface area contributed by atoms with Crippen molar-refractivity contribution in [2.45, 2.75) is 33.4 Å². The van der Waals surface area contributed by atoms with E-state index in [0.29, 0.717) is 24.8 Å². The first kappa shape index (κ1) is 23.7. The van der Waals surface area contributed by atoms with Gasteiger partial charge in [0, 0.05) is 17.6 Å². The van der Waals surface area contributed by atoms with Gasteiger partial charge < -0.3 is 19.7 Å². The maximum atomic E-state index is 13.0. The summed E-state index contributed by atoms with van der Waals surface area (Å²) in [6, 6.07) is 14.1. The number of nitrogens with zero attached hydrogens (tertiary/aromatic N) is 1. The Morgan fingerprint density at radius 3 is 2.17 bits per heavy atom. The SMILES string of the molecule is COc1ccc(CN(C(=O)COc2ccc(Br)cc2)[C@H](C)C(=O)NCC(C)C)cc1. The first-order valence-corrected chi connectivity index (χ1v) is 10.7. The average molecular weight is 477 g/mol. The summed E-state index contributed by atoms with van der Waals surface area (Å²) in [5.41, 5.74) is 0.899. The van der Waals surface area contributed by atoms with Gasteiger partial charge in [-0.15, -0.1) is 0 Å². The molecule has 0 heterocycles. The molecule has 2 aromatic rings. The number of rotatable bonds is 10. The van der Waals surface area contributed by atoms with Gasteiger partial charge >= 0.3 is 0 Å². The van der Waals surface area contributed by atoms with Crippen LogP contribution in [-0.4, -0.2) is 43.0 Å². The van der Waals surface area contributed by atoms with E-state index in [0.717, 1.165) is 15.8 Å². The van der Waals surface area contributed by atoms with Crippen LogP contribution in [0.4, 0.5) is 0 Å². The molecule has 7 heteroatoms. The fraction of sp³-hybridized carbons (Fsp3) is 0.391. The topological polar surface area (TPSA) is 67.9 Å². The number of amides is 2. The highest BCUT2D eigenvalue weighted by Crippen LogP contribution is 2.18. The fourth-order valence-corrected chi connectivity index (χ4v) is 2.99. The molecule has 1 N–H and O–H groups in total. The Morgan fingerprint density at radius 2 is 1.60 bits per heavy atom. The Bertz CT molecular complexity index is 822. The van der Waals surface area contributed by atoms with Crippen molar-refractivity contribution in [2.24, 2.45) is 5.92 Å². The Kier molecular flexibility index (Phi) is 9.17. The predicted octanol–water partition coefficient (Wildman–Crippen LogP) is 4.03. The molecule has 0 aromatic heterocycles. The van der Waals surface area contributed by atoms with Gasteiger partial charge in [0.2, 0.25) is 5.91 Å². The molecule has 0 spiro atoms. The largest absolute Gasteiger partial charge is 0.497 e. The predicted molar refractivity (Wildman–Crippen MR) is 120 cm³/mol. The maximum Gasteiger partial charge on any atom is 0.261 e. The van der Waals surface area contributed by atoms with Crippen molar-refractivity contribution in [3.63, 3.8) is 0 Å². The summed E-state index contributed by atoms with van der Waals surface area (Å²) in [6.45, 7) is 6.48. The van der Waals surface area contributed by atoms with Gasteiger partial charge in [-0.05, 0) is 54.8 Å². The van der Waals surface area contributed by atoms with Crippen LogP contribution in [0.1, 0.15) is 26.3 Å². The van der Waals surface area contributed by atoms with Crippen LogP contribution in [0.2, 0.25) is 0 Å². The van der Waals surface area contributed by atoms with Crippen LogP contribution in [0.3, 0.4) is 0 Å². The number of carbonyl (C=O) groups is 2. The number of carbonyl (C=O) groups excluding carboxylic acids is 2. The Hall–Kier alpha value is -2.54. The molecule has 30 heavy (non-hydrogen) atoms. The number of halogens is 1. The average Bonchev–Trinajstić information content (AvgIpc) is 2.75. The molecule has 0 radical (unpaired) electrons. The molecule has 2 rings (SSSR count). The molecule has 0 saturated carbocycles. The zero-order chi connectivity index (χ0) is 22.1. The van der Waals surface area contributed by atoms with E-state index in [4.69, 9.17) is 9.47 Å². The molecule has 162 valence electrons. The van der Waals surface area contributed by atoms with Crippen LogP contribution in [0, 0.1) is 5.92 Å². The number of nitrogens with one attached hydrogen (secondary N) is 1. The van der Waals surface area contributed by atoms with E-state index in [1.54, 1.807) is 26.2 Å². The maximum absolute atomic E-state index is 13.0. The molecule has 2 aromatic carbocycles. The summed E-state index contributed by atoms with van der Waals surface area (Å²) >= 11 is 3.37. The second kappa shape index (κ2) is 11.6. The van der Waals surface area contributed by atoms with E-state index < -0.39 is 6.04 Å². The lowest BCUT2D eigenvalue weighted by Gasteiger charge is -2.29. The van der Waals surface area contributed by atoms with Crippen LogP contribution < -0.4 is 14.8 Å². The minimum atomic E-state index is -0.633. The van der Waals surface area contributed by atoms with E-state index >= 15 is 0 Å². The lowest BCUT2D eigenvalue weighted by molar-refractivity contribution is -0.142. The second-order valence-corrected chi connectivity index (χ2v) is 8.34. The highest BCUT2D eigenvalue weighted by atomic mass is 79.9. The summed E-state index contributed by atoms with van der Waals surface area (Å²) < 4.78 is 11.8. The third-order valence-electron chi connectivity index (χ3n) is 4.54. The van der Waals surface area contributed by atoms with E-state index in [-0.39, 0.29) is 18.4 Å². The minimum Gasteiger partial charge on any atom is -0.497 e. The highest BCUT2D eigenvalue weighted by molar-refractivity contribution is 9.10. The number of benzene rings is 2. The van der Waals surface area contributed by atoms with E-state index in [2.05, 4.69) is 21.2 Å². The molecule has 0 unspecified atom stereocenters. The summed E-state index contributed by atoms with van der Waals surface area (Å²) in [5, 5.41) is 2.90. The molecule has 0 aliphatic rings. The lowest BCUT2D eigenvalue weighted by Crippen LogP contribution is -2.49. The molecule has 0 saturated heterocycles. The standard InChI is InChI=1S/C23H29BrN2O4/c1-16(2)13-25-23(28)17(3)26(14-18-5-9-20(29-4)10-6-18)22(27)15-30-21-11-7-19(24)8-12-21/h5-12,16-17H,13-15H2,1-4H3,(H,25,28)/t17-/m1/s1. The van der Waals surface area contributed by atoms with Crippen LogP contribution in [-0.2, 0) is 16.1 Å². The Labute approximate surface area is 186 Å². The molecular weight excluding hydrogens is 448 g/mol. The van der Waals surface area contributed by atoms with Crippen LogP contribution in [0.5, 0.6) is 11.5 Å². The Morgan fingerprint density at radius 1 is 1.00 bits per heavy atom. The highest BCUT2D eigenvalue weighted by Gasteiger charge is 2.26. The van der Waals surface area contributed by atoms with Gasteiger partial charge in [0.1, 0.15) is 17.5 Å². The summed E-state index contributed by atoms with van der Waals surface area (Å²) in [6.07, 6.45) is 0. The number of ether oxygens (including phenoxy) is 2. The molecular formula is C23H29BrN2O4. The molecule has 6 nitrogen and oxygen atoms in total. The van der Waals surface area contributed by atoms with Crippen molar-refractivity contribution in [3.05, 3.63) is 58.6 Å². The minimum absolute atomic E-state index is 0.153. The lowest BCUT2D eigenvalue weighted by atomic mass is 10.1. The third-order valence-corrected chi connectivity index (χ3v) is 5.07. The van der Waals surface area contributed by atoms with Crippen molar-refractivity contribution in [2.75, 3.05) is 20.3 Å².